The molecule has 0 aliphatic carbocycles. The highest BCUT2D eigenvalue weighted by Crippen LogP contribution is 2.34. The van der Waals surface area contributed by atoms with Crippen LogP contribution in [0.1, 0.15) is 43.8 Å². The minimum atomic E-state index is 0.105. The molecule has 1 aliphatic rings. The largest absolute Gasteiger partial charge is 0.342 e. The Kier molecular flexibility index (Phi) is 5.46. The van der Waals surface area contributed by atoms with Crippen LogP contribution < -0.4 is 5.32 Å². The number of amides is 1. The number of aromatic nitrogens is 4. The standard InChI is InChI=1S/C23H26N6OS/c1-17(28-11-9-24-16-28)14-20(30)27-10-5-6-18(15-27)21-22-29(12-13-31-22)23(26-21)25-19-7-3-2-4-8-19/h2-4,7-9,11-13,16-18H,5-6,10,14-15H2,1H3,(H,25,26). The van der Waals surface area contributed by atoms with Gasteiger partial charge in [-0.05, 0) is 31.9 Å². The molecule has 1 aliphatic heterocycles. The Morgan fingerprint density at radius 2 is 2.16 bits per heavy atom. The molecule has 0 bridgehead atoms. The SMILES string of the molecule is CC(CC(=O)N1CCCC(c2nc(Nc3ccccc3)n3ccsc23)C1)n1ccnc1. The number of hydrogen-bond acceptors (Lipinski definition) is 5. The topological polar surface area (TPSA) is 67.5 Å². The summed E-state index contributed by atoms with van der Waals surface area (Å²) in [6, 6.07) is 10.2. The molecule has 1 amide bonds. The lowest BCUT2D eigenvalue weighted by atomic mass is 9.95. The number of carbonyl (C=O) groups is 1. The summed E-state index contributed by atoms with van der Waals surface area (Å²) in [5, 5.41) is 5.53. The van der Waals surface area contributed by atoms with E-state index in [4.69, 9.17) is 4.98 Å². The number of piperidine rings is 1. The Labute approximate surface area is 185 Å². The number of imidazole rings is 2. The molecule has 4 heterocycles. The minimum absolute atomic E-state index is 0.105. The van der Waals surface area contributed by atoms with Crippen LogP contribution in [0.3, 0.4) is 0 Å². The molecule has 5 rings (SSSR count). The van der Waals surface area contributed by atoms with Crippen LogP contribution in [0.5, 0.6) is 0 Å². The number of para-hydroxylation sites is 1. The Bertz CT molecular complexity index is 1150. The first-order valence-corrected chi connectivity index (χ1v) is 11.6. The van der Waals surface area contributed by atoms with Crippen molar-refractivity contribution in [3.05, 3.63) is 66.3 Å². The number of fused-ring (bicyclic) bond motifs is 1. The predicted molar refractivity (Wildman–Crippen MR) is 123 cm³/mol. The zero-order chi connectivity index (χ0) is 21.2. The fourth-order valence-electron chi connectivity index (χ4n) is 4.30. The number of thiazole rings is 1. The summed E-state index contributed by atoms with van der Waals surface area (Å²) in [5.41, 5.74) is 2.11. The molecule has 1 fully saturated rings. The number of likely N-dealkylation sites (tertiary alicyclic amines) is 1. The number of rotatable bonds is 6. The van der Waals surface area contributed by atoms with Crippen LogP contribution in [0.25, 0.3) is 4.83 Å². The van der Waals surface area contributed by atoms with Crippen LogP contribution in [0.4, 0.5) is 11.6 Å². The van der Waals surface area contributed by atoms with Crippen molar-refractivity contribution in [2.24, 2.45) is 0 Å². The van der Waals surface area contributed by atoms with Crippen LogP contribution in [-0.4, -0.2) is 42.8 Å². The molecule has 1 aromatic carbocycles. The molecule has 1 saturated heterocycles. The van der Waals surface area contributed by atoms with Gasteiger partial charge in [-0.15, -0.1) is 11.3 Å². The highest BCUT2D eigenvalue weighted by molar-refractivity contribution is 7.15. The van der Waals surface area contributed by atoms with Gasteiger partial charge in [0.05, 0.1) is 12.0 Å². The van der Waals surface area contributed by atoms with Gasteiger partial charge in [-0.2, -0.15) is 0 Å². The second-order valence-corrected chi connectivity index (χ2v) is 9.03. The average molecular weight is 435 g/mol. The van der Waals surface area contributed by atoms with Gasteiger partial charge in [0.15, 0.2) is 0 Å². The Balaban J connectivity index is 1.33. The van der Waals surface area contributed by atoms with E-state index >= 15 is 0 Å². The first-order valence-electron chi connectivity index (χ1n) is 10.7. The summed E-state index contributed by atoms with van der Waals surface area (Å²) in [5.74, 6) is 1.28. The fraction of sp³-hybridized carbons (Fsp3) is 0.348. The van der Waals surface area contributed by atoms with Crippen LogP contribution >= 0.6 is 11.3 Å². The smallest absolute Gasteiger partial charge is 0.224 e. The summed E-state index contributed by atoms with van der Waals surface area (Å²) < 4.78 is 4.11. The molecule has 8 heteroatoms. The molecule has 0 radical (unpaired) electrons. The second-order valence-electron chi connectivity index (χ2n) is 8.13. The van der Waals surface area contributed by atoms with Gasteiger partial charge in [0.25, 0.3) is 0 Å². The Morgan fingerprint density at radius 1 is 1.29 bits per heavy atom. The lowest BCUT2D eigenvalue weighted by Gasteiger charge is -2.33. The van der Waals surface area contributed by atoms with Crippen LogP contribution in [0.2, 0.25) is 0 Å². The van der Waals surface area contributed by atoms with Gasteiger partial charge in [0.1, 0.15) is 4.83 Å². The molecule has 3 aromatic heterocycles. The highest BCUT2D eigenvalue weighted by Gasteiger charge is 2.29. The van der Waals surface area contributed by atoms with Gasteiger partial charge in [0.2, 0.25) is 11.9 Å². The third-order valence-corrected chi connectivity index (χ3v) is 6.86. The first kappa shape index (κ1) is 19.8. The van der Waals surface area contributed by atoms with Gasteiger partial charge < -0.3 is 14.8 Å². The summed E-state index contributed by atoms with van der Waals surface area (Å²) in [7, 11) is 0. The second kappa shape index (κ2) is 8.55. The molecular formula is C23H26N6OS. The highest BCUT2D eigenvalue weighted by atomic mass is 32.1. The molecule has 0 saturated carbocycles. The van der Waals surface area contributed by atoms with E-state index in [9.17, 15) is 4.79 Å². The molecule has 2 unspecified atom stereocenters. The van der Waals surface area contributed by atoms with Crippen molar-refractivity contribution in [1.29, 1.82) is 0 Å². The summed E-state index contributed by atoms with van der Waals surface area (Å²) >= 11 is 1.70. The number of carbonyl (C=O) groups excluding carboxylic acids is 1. The monoisotopic (exact) mass is 434 g/mol. The van der Waals surface area contributed by atoms with E-state index in [1.165, 1.54) is 0 Å². The van der Waals surface area contributed by atoms with E-state index in [1.54, 1.807) is 23.9 Å². The normalized spacial score (nSPS) is 17.7. The van der Waals surface area contributed by atoms with E-state index in [0.717, 1.165) is 48.1 Å². The van der Waals surface area contributed by atoms with E-state index in [1.807, 2.05) is 46.0 Å². The first-order chi connectivity index (χ1) is 15.2. The van der Waals surface area contributed by atoms with Crippen molar-refractivity contribution in [1.82, 2.24) is 23.8 Å². The summed E-state index contributed by atoms with van der Waals surface area (Å²) in [4.78, 5) is 25.2. The molecule has 31 heavy (non-hydrogen) atoms. The van der Waals surface area contributed by atoms with Crippen molar-refractivity contribution < 1.29 is 4.79 Å². The van der Waals surface area contributed by atoms with Gasteiger partial charge in [0, 0.05) is 61.1 Å². The molecule has 0 spiro atoms. The van der Waals surface area contributed by atoms with Crippen molar-refractivity contribution in [2.75, 3.05) is 18.4 Å². The van der Waals surface area contributed by atoms with Crippen LogP contribution in [-0.2, 0) is 4.79 Å². The van der Waals surface area contributed by atoms with Crippen molar-refractivity contribution in [2.45, 2.75) is 38.1 Å². The zero-order valence-corrected chi connectivity index (χ0v) is 18.3. The fourth-order valence-corrected chi connectivity index (χ4v) is 5.20. The quantitative estimate of drug-likeness (QED) is 0.478. The maximum atomic E-state index is 13.0. The third-order valence-electron chi connectivity index (χ3n) is 5.98. The molecule has 7 nitrogen and oxygen atoms in total. The summed E-state index contributed by atoms with van der Waals surface area (Å²) in [6.07, 6.45) is 10.0. The van der Waals surface area contributed by atoms with Gasteiger partial charge in [-0.1, -0.05) is 18.2 Å². The Hall–Kier alpha value is -3.13. The number of anilines is 2. The zero-order valence-electron chi connectivity index (χ0n) is 17.5. The molecule has 1 N–H and O–H groups in total. The number of hydrogen-bond donors (Lipinski definition) is 1. The molecular weight excluding hydrogens is 408 g/mol. The van der Waals surface area contributed by atoms with Crippen molar-refractivity contribution in [3.63, 3.8) is 0 Å². The van der Waals surface area contributed by atoms with E-state index in [-0.39, 0.29) is 17.9 Å². The van der Waals surface area contributed by atoms with E-state index in [0.29, 0.717) is 6.42 Å². The van der Waals surface area contributed by atoms with Crippen molar-refractivity contribution >= 4 is 33.7 Å². The maximum Gasteiger partial charge on any atom is 0.224 e. The number of nitrogens with zero attached hydrogens (tertiary/aromatic N) is 5. The van der Waals surface area contributed by atoms with Gasteiger partial charge >= 0.3 is 0 Å². The van der Waals surface area contributed by atoms with E-state index < -0.39 is 0 Å². The average Bonchev–Trinajstić information content (AvgIpc) is 3.54. The molecule has 2 atom stereocenters. The molecule has 160 valence electrons. The Morgan fingerprint density at radius 3 is 2.97 bits per heavy atom. The lowest BCUT2D eigenvalue weighted by Crippen LogP contribution is -2.39. The van der Waals surface area contributed by atoms with E-state index in [2.05, 4.69) is 33.2 Å². The number of benzene rings is 1. The van der Waals surface area contributed by atoms with Crippen LogP contribution in [0, 0.1) is 0 Å². The number of nitrogens with one attached hydrogen (secondary N) is 1. The predicted octanol–water partition coefficient (Wildman–Crippen LogP) is 4.69. The maximum absolute atomic E-state index is 13.0. The minimum Gasteiger partial charge on any atom is -0.342 e. The summed E-state index contributed by atoms with van der Waals surface area (Å²) in [6.45, 7) is 3.61. The third kappa shape index (κ3) is 4.07. The van der Waals surface area contributed by atoms with Gasteiger partial charge in [-0.25, -0.2) is 9.97 Å². The van der Waals surface area contributed by atoms with Crippen molar-refractivity contribution in [3.8, 4) is 0 Å². The van der Waals surface area contributed by atoms with Gasteiger partial charge in [-0.3, -0.25) is 9.20 Å². The van der Waals surface area contributed by atoms with Crippen LogP contribution in [0.15, 0.2) is 60.6 Å². The molecule has 4 aromatic rings. The lowest BCUT2D eigenvalue weighted by molar-refractivity contribution is -0.133.